The van der Waals surface area contributed by atoms with Gasteiger partial charge in [-0.3, -0.25) is 4.79 Å². The molecule has 4 nitrogen and oxygen atoms in total. The average molecular weight is 456 g/mol. The molecule has 0 radical (unpaired) electrons. The van der Waals surface area contributed by atoms with Gasteiger partial charge in [-0.05, 0) is 24.1 Å². The summed E-state index contributed by atoms with van der Waals surface area (Å²) in [5.41, 5.74) is 0.570. The summed E-state index contributed by atoms with van der Waals surface area (Å²) in [5, 5.41) is 13.6. The molecule has 1 aromatic carbocycles. The van der Waals surface area contributed by atoms with E-state index in [9.17, 15) is 14.7 Å². The van der Waals surface area contributed by atoms with E-state index in [-0.39, 0.29) is 62.9 Å². The first-order valence-corrected chi connectivity index (χ1v) is 12.2. The summed E-state index contributed by atoms with van der Waals surface area (Å²) in [7, 11) is 0. The monoisotopic (exact) mass is 455 g/mol. The van der Waals surface area contributed by atoms with Crippen molar-refractivity contribution >= 4 is 11.9 Å². The van der Waals surface area contributed by atoms with Crippen LogP contribution in [0.2, 0.25) is 0 Å². The van der Waals surface area contributed by atoms with E-state index < -0.39 is 5.97 Å². The molecular weight excluding hydrogens is 413 g/mol. The molecule has 0 atom stereocenters. The van der Waals surface area contributed by atoms with Crippen LogP contribution in [0.5, 0.6) is 0 Å². The third-order valence-corrected chi connectivity index (χ3v) is 5.70. The van der Waals surface area contributed by atoms with E-state index in [1.807, 2.05) is 0 Å². The number of hydrogen-bond acceptors (Lipinski definition) is 3. The Hall–Kier alpha value is -0.204. The number of unbranched alkanes of at least 4 members (excludes halogenated alkanes) is 15. The maximum absolute atomic E-state index is 12.0. The van der Waals surface area contributed by atoms with Crippen molar-refractivity contribution in [3.63, 3.8) is 0 Å². The van der Waals surface area contributed by atoms with Gasteiger partial charge in [-0.25, -0.2) is 0 Å². The predicted molar refractivity (Wildman–Crippen MR) is 123 cm³/mol. The number of rotatable bonds is 19. The normalized spacial score (nSPS) is 10.5. The van der Waals surface area contributed by atoms with Gasteiger partial charge >= 0.3 is 51.4 Å². The molecule has 5 heteroatoms. The third-order valence-electron chi connectivity index (χ3n) is 5.70. The minimum atomic E-state index is -1.23. The van der Waals surface area contributed by atoms with Crippen LogP contribution in [0.4, 0.5) is 0 Å². The number of hydrogen-bond donors (Lipinski definition) is 1. The second-order valence-electron chi connectivity index (χ2n) is 8.42. The van der Waals surface area contributed by atoms with Gasteiger partial charge in [0.15, 0.2) is 0 Å². The van der Waals surface area contributed by atoms with Crippen LogP contribution in [0.15, 0.2) is 24.3 Å². The summed E-state index contributed by atoms with van der Waals surface area (Å²) in [6.07, 6.45) is 21.4. The Bertz CT molecular complexity index is 575. The summed E-state index contributed by atoms with van der Waals surface area (Å²) >= 11 is 0. The fourth-order valence-electron chi connectivity index (χ4n) is 3.73. The topological polar surface area (TPSA) is 69.2 Å². The Kier molecular flexibility index (Phi) is 21.5. The number of carbonyl (C=O) groups is 2. The van der Waals surface area contributed by atoms with Crippen LogP contribution in [0.1, 0.15) is 130 Å². The first-order chi connectivity index (χ1) is 14.6. The average Bonchev–Trinajstić information content (AvgIpc) is 2.75. The van der Waals surface area contributed by atoms with E-state index in [4.69, 9.17) is 0 Å². The van der Waals surface area contributed by atoms with Gasteiger partial charge in [0, 0.05) is 12.1 Å². The second kappa shape index (κ2) is 21.6. The standard InChI is InChI=1S/C26H43NO3.K/c1-2-3-4-5-6-7-8-9-10-11-12-13-14-15-16-17-22-27-25(28)23-18-20-24(21-19-23)26(29)30;/h18-21H,2-17,22H2,1H3,(H,27,28)(H,29,30);/q;+1/p-1. The Morgan fingerprint density at radius 1 is 0.645 bits per heavy atom. The maximum atomic E-state index is 12.0. The molecule has 0 aliphatic heterocycles. The zero-order chi connectivity index (χ0) is 21.9. The van der Waals surface area contributed by atoms with Crippen LogP contribution in [0, 0.1) is 0 Å². The number of carboxylic acids is 1. The number of carbonyl (C=O) groups excluding carboxylic acids is 2. The third kappa shape index (κ3) is 17.0. The Balaban J connectivity index is 0.00000900. The van der Waals surface area contributed by atoms with E-state index in [2.05, 4.69) is 12.2 Å². The molecular formula is C26H42KNO3. The number of nitrogens with one attached hydrogen (secondary N) is 1. The number of carboxylic acid groups (broad SMARTS) is 1. The fraction of sp³-hybridized carbons (Fsp3) is 0.692. The molecule has 1 rings (SSSR count). The zero-order valence-corrected chi connectivity index (χ0v) is 23.2. The van der Waals surface area contributed by atoms with Crippen molar-refractivity contribution in [2.24, 2.45) is 0 Å². The van der Waals surface area contributed by atoms with Crippen molar-refractivity contribution < 1.29 is 66.1 Å². The summed E-state index contributed by atoms with van der Waals surface area (Å²) < 4.78 is 0. The van der Waals surface area contributed by atoms with Crippen molar-refractivity contribution in [1.82, 2.24) is 5.32 Å². The molecule has 0 heterocycles. The first kappa shape index (κ1) is 30.8. The molecule has 0 unspecified atom stereocenters. The summed E-state index contributed by atoms with van der Waals surface area (Å²) in [5.74, 6) is -1.38. The molecule has 1 aromatic rings. The van der Waals surface area contributed by atoms with Gasteiger partial charge in [0.25, 0.3) is 5.91 Å². The molecule has 0 saturated carbocycles. The quantitative estimate of drug-likeness (QED) is 0.257. The molecule has 1 N–H and O–H groups in total. The van der Waals surface area contributed by atoms with Gasteiger partial charge in [0.1, 0.15) is 0 Å². The largest absolute Gasteiger partial charge is 1.00 e. The van der Waals surface area contributed by atoms with Crippen molar-refractivity contribution in [1.29, 1.82) is 0 Å². The van der Waals surface area contributed by atoms with Gasteiger partial charge in [-0.15, -0.1) is 0 Å². The minimum Gasteiger partial charge on any atom is -0.545 e. The molecule has 170 valence electrons. The molecule has 0 bridgehead atoms. The molecule has 0 aromatic heterocycles. The van der Waals surface area contributed by atoms with Crippen LogP contribution >= 0.6 is 0 Å². The van der Waals surface area contributed by atoms with E-state index in [1.165, 1.54) is 114 Å². The van der Waals surface area contributed by atoms with Crippen molar-refractivity contribution in [3.8, 4) is 0 Å². The molecule has 1 amide bonds. The van der Waals surface area contributed by atoms with Gasteiger partial charge in [-0.2, -0.15) is 0 Å². The van der Waals surface area contributed by atoms with Gasteiger partial charge < -0.3 is 15.2 Å². The van der Waals surface area contributed by atoms with Crippen LogP contribution in [-0.4, -0.2) is 18.4 Å². The van der Waals surface area contributed by atoms with E-state index in [1.54, 1.807) is 0 Å². The van der Waals surface area contributed by atoms with Crippen LogP contribution in [0.3, 0.4) is 0 Å². The Morgan fingerprint density at radius 3 is 1.39 bits per heavy atom. The molecule has 0 spiro atoms. The molecule has 31 heavy (non-hydrogen) atoms. The van der Waals surface area contributed by atoms with Gasteiger partial charge in [-0.1, -0.05) is 115 Å². The number of amides is 1. The van der Waals surface area contributed by atoms with Gasteiger partial charge in [0.05, 0.1) is 5.97 Å². The van der Waals surface area contributed by atoms with Crippen molar-refractivity contribution in [2.45, 2.75) is 110 Å². The predicted octanol–water partition coefficient (Wildman–Crippen LogP) is 3.05. The Labute approximate surface area is 232 Å². The maximum Gasteiger partial charge on any atom is 1.00 e. The molecule has 0 aliphatic carbocycles. The number of aromatic carboxylic acids is 1. The molecule has 0 fully saturated rings. The SMILES string of the molecule is CCCCCCCCCCCCCCCCCCNC(=O)c1ccc(C(=O)[O-])cc1.[K+]. The van der Waals surface area contributed by atoms with E-state index in [0.717, 1.165) is 12.8 Å². The molecule has 0 aliphatic rings. The summed E-state index contributed by atoms with van der Waals surface area (Å²) in [4.78, 5) is 22.7. The van der Waals surface area contributed by atoms with Crippen LogP contribution in [-0.2, 0) is 0 Å². The zero-order valence-electron chi connectivity index (χ0n) is 20.1. The smallest absolute Gasteiger partial charge is 0.545 e. The second-order valence-corrected chi connectivity index (χ2v) is 8.42. The summed E-state index contributed by atoms with van der Waals surface area (Å²) in [6.45, 7) is 2.94. The van der Waals surface area contributed by atoms with Crippen molar-refractivity contribution in [2.75, 3.05) is 6.54 Å². The first-order valence-electron chi connectivity index (χ1n) is 12.2. The minimum absolute atomic E-state index is 0. The van der Waals surface area contributed by atoms with E-state index in [0.29, 0.717) is 12.1 Å². The number of benzene rings is 1. The van der Waals surface area contributed by atoms with Crippen LogP contribution < -0.4 is 61.8 Å². The summed E-state index contributed by atoms with van der Waals surface area (Å²) in [6, 6.07) is 5.85. The molecule has 0 saturated heterocycles. The fourth-order valence-corrected chi connectivity index (χ4v) is 3.73. The van der Waals surface area contributed by atoms with Crippen LogP contribution in [0.25, 0.3) is 0 Å². The van der Waals surface area contributed by atoms with E-state index >= 15 is 0 Å². The van der Waals surface area contributed by atoms with Gasteiger partial charge in [0.2, 0.25) is 0 Å². The Morgan fingerprint density at radius 2 is 1.00 bits per heavy atom. The van der Waals surface area contributed by atoms with Crippen molar-refractivity contribution in [3.05, 3.63) is 35.4 Å².